The van der Waals surface area contributed by atoms with Gasteiger partial charge in [0.15, 0.2) is 10.2 Å². The fourth-order valence-electron chi connectivity index (χ4n) is 4.67. The summed E-state index contributed by atoms with van der Waals surface area (Å²) < 4.78 is 11.9. The summed E-state index contributed by atoms with van der Waals surface area (Å²) in [5, 5.41) is 21.5. The zero-order valence-corrected chi connectivity index (χ0v) is 22.8. The Hall–Kier alpha value is -4.22. The first-order valence-corrected chi connectivity index (χ1v) is 13.2. The van der Waals surface area contributed by atoms with Gasteiger partial charge in [-0.25, -0.2) is 0 Å². The number of benzene rings is 3. The number of nitrogens with one attached hydrogen (secondary N) is 3. The Morgan fingerprint density at radius 1 is 1.00 bits per heavy atom. The van der Waals surface area contributed by atoms with Crippen LogP contribution in [0.25, 0.3) is 6.08 Å². The first-order valence-electron chi connectivity index (χ1n) is 12.4. The molecule has 3 N–H and O–H groups in total. The third-order valence-electron chi connectivity index (χ3n) is 6.74. The first-order chi connectivity index (χ1) is 18.9. The number of nitrogens with zero attached hydrogens (tertiary/aromatic N) is 2. The molecular weight excluding hydrogens is 534 g/mol. The highest BCUT2D eigenvalue weighted by atomic mass is 32.1. The van der Waals surface area contributed by atoms with E-state index in [1.54, 1.807) is 25.3 Å². The lowest BCUT2D eigenvalue weighted by atomic mass is 9.88. The van der Waals surface area contributed by atoms with Crippen LogP contribution in [0.2, 0.25) is 0 Å². The molecule has 1 fully saturated rings. The molecule has 0 bridgehead atoms. The van der Waals surface area contributed by atoms with Gasteiger partial charge in [0.05, 0.1) is 17.7 Å². The lowest BCUT2D eigenvalue weighted by molar-refractivity contribution is -0.383. The van der Waals surface area contributed by atoms with E-state index in [-0.39, 0.29) is 16.4 Å². The number of likely N-dealkylation sites (tertiary alicyclic amines) is 1. The number of nitro benzene ring substituents is 1. The molecule has 3 aromatic carbocycles. The molecule has 0 radical (unpaired) electrons. The number of rotatable bonds is 5. The van der Waals surface area contributed by atoms with Gasteiger partial charge in [-0.15, -0.1) is 0 Å². The highest BCUT2D eigenvalue weighted by molar-refractivity contribution is 7.80. The summed E-state index contributed by atoms with van der Waals surface area (Å²) in [5.41, 5.74) is 2.41. The van der Waals surface area contributed by atoms with Crippen LogP contribution in [0.4, 0.5) is 22.7 Å². The summed E-state index contributed by atoms with van der Waals surface area (Å²) in [4.78, 5) is 13.0. The van der Waals surface area contributed by atoms with Crippen molar-refractivity contribution in [1.29, 1.82) is 0 Å². The van der Waals surface area contributed by atoms with Gasteiger partial charge in [-0.2, -0.15) is 0 Å². The molecule has 2 heterocycles. The van der Waals surface area contributed by atoms with Crippen molar-refractivity contribution in [3.05, 3.63) is 88.5 Å². The quantitative estimate of drug-likeness (QED) is 0.194. The molecular formula is C28H27N5O4S2. The van der Waals surface area contributed by atoms with E-state index in [0.29, 0.717) is 10.8 Å². The summed E-state index contributed by atoms with van der Waals surface area (Å²) in [7, 11) is 1.64. The molecule has 200 valence electrons. The van der Waals surface area contributed by atoms with E-state index in [9.17, 15) is 10.1 Å². The first kappa shape index (κ1) is 26.4. The zero-order valence-electron chi connectivity index (χ0n) is 21.2. The van der Waals surface area contributed by atoms with E-state index in [4.69, 9.17) is 33.9 Å². The Labute approximate surface area is 237 Å². The second-order valence-electron chi connectivity index (χ2n) is 9.22. The topological polar surface area (TPSA) is 101 Å². The number of nitro groups is 1. The van der Waals surface area contributed by atoms with E-state index in [1.165, 1.54) is 6.07 Å². The van der Waals surface area contributed by atoms with Crippen LogP contribution in [-0.4, -0.2) is 45.8 Å². The summed E-state index contributed by atoms with van der Waals surface area (Å²) in [5.74, 6) is 1.54. The highest BCUT2D eigenvalue weighted by Gasteiger charge is 2.37. The molecule has 1 spiro atoms. The van der Waals surface area contributed by atoms with Crippen LogP contribution in [0.15, 0.2) is 72.8 Å². The molecule has 1 saturated heterocycles. The van der Waals surface area contributed by atoms with Gasteiger partial charge in [0.25, 0.3) is 5.69 Å². The Morgan fingerprint density at radius 3 is 2.46 bits per heavy atom. The number of ether oxygens (including phenoxy) is 2. The van der Waals surface area contributed by atoms with Crippen molar-refractivity contribution in [3.63, 3.8) is 0 Å². The van der Waals surface area contributed by atoms with Crippen molar-refractivity contribution < 1.29 is 14.4 Å². The molecule has 0 unspecified atom stereocenters. The Morgan fingerprint density at radius 2 is 1.72 bits per heavy atom. The monoisotopic (exact) mass is 561 g/mol. The molecule has 2 aliphatic heterocycles. The van der Waals surface area contributed by atoms with Gasteiger partial charge in [-0.3, -0.25) is 10.1 Å². The maximum atomic E-state index is 11.3. The van der Waals surface area contributed by atoms with Crippen molar-refractivity contribution in [2.24, 2.45) is 0 Å². The highest BCUT2D eigenvalue weighted by Crippen LogP contribution is 2.38. The van der Waals surface area contributed by atoms with E-state index >= 15 is 0 Å². The maximum Gasteiger partial charge on any atom is 0.292 e. The van der Waals surface area contributed by atoms with E-state index in [0.717, 1.165) is 54.4 Å². The summed E-state index contributed by atoms with van der Waals surface area (Å²) in [6.45, 7) is 1.51. The van der Waals surface area contributed by atoms with Crippen LogP contribution in [0.1, 0.15) is 18.4 Å². The average molecular weight is 562 g/mol. The summed E-state index contributed by atoms with van der Waals surface area (Å²) in [6, 6.07) is 19.8. The van der Waals surface area contributed by atoms with Crippen LogP contribution in [0.3, 0.4) is 0 Å². The second kappa shape index (κ2) is 11.3. The Kier molecular flexibility index (Phi) is 7.62. The van der Waals surface area contributed by atoms with Crippen molar-refractivity contribution >= 4 is 63.5 Å². The third-order valence-corrected chi connectivity index (χ3v) is 7.31. The maximum absolute atomic E-state index is 11.3. The van der Waals surface area contributed by atoms with Gasteiger partial charge >= 0.3 is 0 Å². The minimum Gasteiger partial charge on any atom is -0.495 e. The number of anilines is 3. The van der Waals surface area contributed by atoms with Crippen molar-refractivity contribution in [2.45, 2.75) is 18.4 Å². The predicted molar refractivity (Wildman–Crippen MR) is 162 cm³/mol. The molecule has 0 aromatic heterocycles. The number of para-hydroxylation sites is 4. The van der Waals surface area contributed by atoms with Gasteiger partial charge in [-0.05, 0) is 66.9 Å². The van der Waals surface area contributed by atoms with Gasteiger partial charge in [0.1, 0.15) is 22.8 Å². The summed E-state index contributed by atoms with van der Waals surface area (Å²) >= 11 is 11.1. The van der Waals surface area contributed by atoms with Crippen molar-refractivity contribution in [1.82, 2.24) is 4.90 Å². The van der Waals surface area contributed by atoms with Crippen LogP contribution in [0, 0.1) is 10.1 Å². The largest absolute Gasteiger partial charge is 0.495 e. The van der Waals surface area contributed by atoms with Crippen LogP contribution in [0.5, 0.6) is 11.5 Å². The van der Waals surface area contributed by atoms with Gasteiger partial charge < -0.3 is 30.3 Å². The number of hydrogen-bond acceptors (Lipinski definition) is 6. The molecule has 3 aromatic rings. The Balaban J connectivity index is 1.19. The molecule has 0 saturated carbocycles. The lowest BCUT2D eigenvalue weighted by Gasteiger charge is -2.42. The fraction of sp³-hybridized carbons (Fsp3) is 0.214. The molecule has 0 aliphatic carbocycles. The Bertz CT molecular complexity index is 1450. The van der Waals surface area contributed by atoms with E-state index in [2.05, 4.69) is 33.0 Å². The number of methoxy groups -OCH3 is 1. The lowest BCUT2D eigenvalue weighted by Crippen LogP contribution is -2.50. The molecule has 0 atom stereocenters. The molecule has 9 nitrogen and oxygen atoms in total. The molecule has 0 amide bonds. The SMILES string of the molecule is COc1ccccc1NC(=S)N1CCC2(C=Cc3cc(NC(=S)Nc4ccccc4[N+](=O)[O-])ccc3O2)CC1. The van der Waals surface area contributed by atoms with Crippen molar-refractivity contribution in [3.8, 4) is 11.5 Å². The smallest absolute Gasteiger partial charge is 0.292 e. The molecule has 39 heavy (non-hydrogen) atoms. The van der Waals surface area contributed by atoms with Crippen LogP contribution in [-0.2, 0) is 0 Å². The van der Waals surface area contributed by atoms with Crippen LogP contribution >= 0.6 is 24.4 Å². The number of piperidine rings is 1. The second-order valence-corrected chi connectivity index (χ2v) is 10.0. The molecule has 11 heteroatoms. The van der Waals surface area contributed by atoms with E-state index < -0.39 is 4.92 Å². The van der Waals surface area contributed by atoms with Crippen LogP contribution < -0.4 is 25.4 Å². The fourth-order valence-corrected chi connectivity index (χ4v) is 5.19. The normalized spacial score (nSPS) is 15.1. The average Bonchev–Trinajstić information content (AvgIpc) is 2.94. The summed E-state index contributed by atoms with van der Waals surface area (Å²) in [6.07, 6.45) is 5.78. The third kappa shape index (κ3) is 5.94. The minimum atomic E-state index is -0.448. The molecule has 5 rings (SSSR count). The number of hydrogen-bond donors (Lipinski definition) is 3. The number of fused-ring (bicyclic) bond motifs is 1. The van der Waals surface area contributed by atoms with Gasteiger partial charge in [-0.1, -0.05) is 30.3 Å². The zero-order chi connectivity index (χ0) is 27.4. The minimum absolute atomic E-state index is 0.0453. The number of thiocarbonyl (C=S) groups is 2. The molecule has 2 aliphatic rings. The standard InChI is InChI=1S/C28H27N5O4S2/c1-36-25-9-5-3-7-22(25)31-27(39)32-16-14-28(15-17-32)13-12-19-18-20(10-11-24(19)37-28)29-26(38)30-21-6-2-4-8-23(21)33(34)35/h2-13,18H,14-17H2,1H3,(H,31,39)(H2,29,30,38). The van der Waals surface area contributed by atoms with Crippen molar-refractivity contribution in [2.75, 3.05) is 36.1 Å². The van der Waals surface area contributed by atoms with E-state index in [1.807, 2.05) is 42.5 Å². The predicted octanol–water partition coefficient (Wildman–Crippen LogP) is 6.05. The van der Waals surface area contributed by atoms with Gasteiger partial charge in [0, 0.05) is 43.2 Å². The van der Waals surface area contributed by atoms with Gasteiger partial charge in [0.2, 0.25) is 0 Å².